The van der Waals surface area contributed by atoms with E-state index in [4.69, 9.17) is 12.2 Å². The van der Waals surface area contributed by atoms with Gasteiger partial charge in [-0.1, -0.05) is 44.2 Å². The Morgan fingerprint density at radius 3 is 2.40 bits per heavy atom. The van der Waals surface area contributed by atoms with Gasteiger partial charge in [0.1, 0.15) is 5.82 Å². The number of hydrogen-bond donors (Lipinski definition) is 3. The molecule has 0 saturated carbocycles. The standard InChI is InChI=1S/C19H22FN3OS/c1-13(2)14-7-10-16(11-8-14)21-19(25)23-22-18(24)12-9-15-5-3-4-6-17(15)20/h3-8,10-11,13H,9,12H2,1-2H3,(H,22,24)(H2,21,23,25). The third kappa shape index (κ3) is 6.15. The van der Waals surface area contributed by atoms with Crippen molar-refractivity contribution in [2.24, 2.45) is 0 Å². The summed E-state index contributed by atoms with van der Waals surface area (Å²) in [5.74, 6) is -0.0966. The van der Waals surface area contributed by atoms with Crippen molar-refractivity contribution in [3.8, 4) is 0 Å². The van der Waals surface area contributed by atoms with Crippen LogP contribution >= 0.6 is 12.2 Å². The molecule has 3 N–H and O–H groups in total. The first kappa shape index (κ1) is 18.9. The molecule has 2 aromatic carbocycles. The van der Waals surface area contributed by atoms with Crippen molar-refractivity contribution >= 4 is 28.9 Å². The van der Waals surface area contributed by atoms with E-state index >= 15 is 0 Å². The van der Waals surface area contributed by atoms with Crippen molar-refractivity contribution in [2.75, 3.05) is 5.32 Å². The highest BCUT2D eigenvalue weighted by Gasteiger charge is 2.06. The summed E-state index contributed by atoms with van der Waals surface area (Å²) < 4.78 is 13.5. The SMILES string of the molecule is CC(C)c1ccc(NC(=S)NNC(=O)CCc2ccccc2F)cc1. The average molecular weight is 359 g/mol. The summed E-state index contributed by atoms with van der Waals surface area (Å²) in [5.41, 5.74) is 7.75. The Morgan fingerprint density at radius 1 is 1.08 bits per heavy atom. The number of benzene rings is 2. The molecule has 0 bridgehead atoms. The van der Waals surface area contributed by atoms with E-state index in [1.54, 1.807) is 18.2 Å². The summed E-state index contributed by atoms with van der Waals surface area (Å²) in [6.07, 6.45) is 0.497. The quantitative estimate of drug-likeness (QED) is 0.560. The molecule has 2 aromatic rings. The van der Waals surface area contributed by atoms with Gasteiger partial charge in [0.2, 0.25) is 5.91 Å². The molecular formula is C19H22FN3OS. The molecule has 0 unspecified atom stereocenters. The second-order valence-electron chi connectivity index (χ2n) is 6.00. The predicted octanol–water partition coefficient (Wildman–Crippen LogP) is 3.90. The summed E-state index contributed by atoms with van der Waals surface area (Å²) in [4.78, 5) is 11.8. The molecule has 0 aliphatic heterocycles. The van der Waals surface area contributed by atoms with E-state index in [-0.39, 0.29) is 23.3 Å². The zero-order chi connectivity index (χ0) is 18.2. The Morgan fingerprint density at radius 2 is 1.76 bits per heavy atom. The number of thiocarbonyl (C=S) groups is 1. The maximum Gasteiger partial charge on any atom is 0.238 e. The van der Waals surface area contributed by atoms with Gasteiger partial charge in [-0.15, -0.1) is 0 Å². The summed E-state index contributed by atoms with van der Waals surface area (Å²) >= 11 is 5.14. The van der Waals surface area contributed by atoms with Crippen molar-refractivity contribution < 1.29 is 9.18 Å². The van der Waals surface area contributed by atoms with Crippen molar-refractivity contribution in [3.63, 3.8) is 0 Å². The Balaban J connectivity index is 1.74. The molecule has 1 amide bonds. The number of rotatable bonds is 5. The van der Waals surface area contributed by atoms with Crippen LogP contribution in [0.4, 0.5) is 10.1 Å². The molecule has 0 spiro atoms. The minimum atomic E-state index is -0.301. The molecule has 6 heteroatoms. The van der Waals surface area contributed by atoms with Gasteiger partial charge in [-0.3, -0.25) is 15.6 Å². The number of nitrogens with one attached hydrogen (secondary N) is 3. The van der Waals surface area contributed by atoms with E-state index < -0.39 is 0 Å². The Hall–Kier alpha value is -2.47. The highest BCUT2D eigenvalue weighted by molar-refractivity contribution is 7.80. The third-order valence-electron chi connectivity index (χ3n) is 3.73. The van der Waals surface area contributed by atoms with Gasteiger partial charge in [0.25, 0.3) is 0 Å². The van der Waals surface area contributed by atoms with E-state index in [0.29, 0.717) is 17.9 Å². The molecule has 0 atom stereocenters. The Kier molecular flexibility index (Phi) is 6.89. The number of carbonyl (C=O) groups excluding carboxylic acids is 1. The van der Waals surface area contributed by atoms with Gasteiger partial charge in [0, 0.05) is 12.1 Å². The molecule has 4 nitrogen and oxygen atoms in total. The summed E-state index contributed by atoms with van der Waals surface area (Å²) in [7, 11) is 0. The molecule has 0 fully saturated rings. The van der Waals surface area contributed by atoms with Crippen molar-refractivity contribution in [2.45, 2.75) is 32.6 Å². The third-order valence-corrected chi connectivity index (χ3v) is 3.93. The lowest BCUT2D eigenvalue weighted by molar-refractivity contribution is -0.121. The summed E-state index contributed by atoms with van der Waals surface area (Å²) in [6.45, 7) is 4.26. The number of hydrogen-bond acceptors (Lipinski definition) is 2. The average Bonchev–Trinajstić information content (AvgIpc) is 2.59. The molecule has 0 aliphatic carbocycles. The largest absolute Gasteiger partial charge is 0.331 e. The molecule has 25 heavy (non-hydrogen) atoms. The lowest BCUT2D eigenvalue weighted by Crippen LogP contribution is -2.43. The van der Waals surface area contributed by atoms with Gasteiger partial charge in [-0.05, 0) is 53.9 Å². The van der Waals surface area contributed by atoms with Gasteiger partial charge in [-0.2, -0.15) is 0 Å². The van der Waals surface area contributed by atoms with Crippen LogP contribution in [0, 0.1) is 5.82 Å². The lowest BCUT2D eigenvalue weighted by Gasteiger charge is -2.12. The Bertz CT molecular complexity index is 732. The highest BCUT2D eigenvalue weighted by atomic mass is 32.1. The van der Waals surface area contributed by atoms with Gasteiger partial charge in [0.05, 0.1) is 0 Å². The van der Waals surface area contributed by atoms with Crippen LogP contribution in [0.1, 0.15) is 37.3 Å². The second-order valence-corrected chi connectivity index (χ2v) is 6.40. The lowest BCUT2D eigenvalue weighted by atomic mass is 10.0. The van der Waals surface area contributed by atoms with E-state index in [1.807, 2.05) is 24.3 Å². The fraction of sp³-hybridized carbons (Fsp3) is 0.263. The van der Waals surface area contributed by atoms with Crippen molar-refractivity contribution in [3.05, 3.63) is 65.5 Å². The highest BCUT2D eigenvalue weighted by Crippen LogP contribution is 2.17. The van der Waals surface area contributed by atoms with Crippen LogP contribution in [0.25, 0.3) is 0 Å². The fourth-order valence-corrected chi connectivity index (χ4v) is 2.42. The number of aryl methyl sites for hydroxylation is 1. The zero-order valence-corrected chi connectivity index (χ0v) is 15.1. The van der Waals surface area contributed by atoms with Gasteiger partial charge < -0.3 is 5.32 Å². The topological polar surface area (TPSA) is 53.2 Å². The maximum absolute atomic E-state index is 13.5. The van der Waals surface area contributed by atoms with Crippen molar-refractivity contribution in [1.29, 1.82) is 0 Å². The van der Waals surface area contributed by atoms with E-state index in [2.05, 4.69) is 30.0 Å². The van der Waals surface area contributed by atoms with Crippen LogP contribution < -0.4 is 16.2 Å². The smallest absolute Gasteiger partial charge is 0.238 e. The Labute approximate surface area is 152 Å². The molecular weight excluding hydrogens is 337 g/mol. The van der Waals surface area contributed by atoms with E-state index in [1.165, 1.54) is 11.6 Å². The minimum Gasteiger partial charge on any atom is -0.331 e. The molecule has 0 saturated heterocycles. The van der Waals surface area contributed by atoms with Gasteiger partial charge >= 0.3 is 0 Å². The van der Waals surface area contributed by atoms with Crippen LogP contribution in [-0.2, 0) is 11.2 Å². The minimum absolute atomic E-state index is 0.166. The van der Waals surface area contributed by atoms with Gasteiger partial charge in [0.15, 0.2) is 5.11 Å². The predicted molar refractivity (Wildman–Crippen MR) is 103 cm³/mol. The molecule has 0 aromatic heterocycles. The molecule has 2 rings (SSSR count). The second kappa shape index (κ2) is 9.13. The van der Waals surface area contributed by atoms with Crippen LogP contribution in [0.3, 0.4) is 0 Å². The zero-order valence-electron chi connectivity index (χ0n) is 14.3. The molecule has 132 valence electrons. The monoisotopic (exact) mass is 359 g/mol. The number of halogens is 1. The van der Waals surface area contributed by atoms with Crippen molar-refractivity contribution in [1.82, 2.24) is 10.9 Å². The van der Waals surface area contributed by atoms with Crippen LogP contribution in [0.5, 0.6) is 0 Å². The van der Waals surface area contributed by atoms with Crippen LogP contribution in [-0.4, -0.2) is 11.0 Å². The number of hydrazine groups is 1. The van der Waals surface area contributed by atoms with E-state index in [0.717, 1.165) is 5.69 Å². The first-order valence-electron chi connectivity index (χ1n) is 8.15. The number of amides is 1. The number of carbonyl (C=O) groups is 1. The normalized spacial score (nSPS) is 10.4. The molecule has 0 heterocycles. The maximum atomic E-state index is 13.5. The van der Waals surface area contributed by atoms with Crippen LogP contribution in [0.2, 0.25) is 0 Å². The van der Waals surface area contributed by atoms with Crippen LogP contribution in [0.15, 0.2) is 48.5 Å². The number of anilines is 1. The van der Waals surface area contributed by atoms with E-state index in [9.17, 15) is 9.18 Å². The molecule has 0 aliphatic rings. The summed E-state index contributed by atoms with van der Waals surface area (Å²) in [6, 6.07) is 14.4. The summed E-state index contributed by atoms with van der Waals surface area (Å²) in [5, 5.41) is 3.28. The van der Waals surface area contributed by atoms with Gasteiger partial charge in [-0.25, -0.2) is 4.39 Å². The fourth-order valence-electron chi connectivity index (χ4n) is 2.25. The molecule has 0 radical (unpaired) electrons. The first-order valence-corrected chi connectivity index (χ1v) is 8.55. The first-order chi connectivity index (χ1) is 12.0.